The van der Waals surface area contributed by atoms with E-state index in [2.05, 4.69) is 20.9 Å². The van der Waals surface area contributed by atoms with Crippen LogP contribution in [0, 0.1) is 5.41 Å². The number of hydrogen-bond acceptors (Lipinski definition) is 5. The number of piperidine rings is 1. The fourth-order valence-corrected chi connectivity index (χ4v) is 3.31. The first kappa shape index (κ1) is 19.9. The average molecular weight is 416 g/mol. The fourth-order valence-electron chi connectivity index (χ4n) is 2.96. The highest BCUT2D eigenvalue weighted by molar-refractivity contribution is 9.10. The second-order valence-corrected chi connectivity index (χ2v) is 9.06. The van der Waals surface area contributed by atoms with E-state index >= 15 is 0 Å². The molecule has 7 nitrogen and oxygen atoms in total. The van der Waals surface area contributed by atoms with Gasteiger partial charge < -0.3 is 19.3 Å². The molecule has 1 aliphatic heterocycles. The number of hydrogen-bond donors (Lipinski definition) is 1. The number of carbonyl (C=O) groups excluding carboxylic acids is 1. The van der Waals surface area contributed by atoms with Gasteiger partial charge in [-0.15, -0.1) is 0 Å². The van der Waals surface area contributed by atoms with Gasteiger partial charge in [-0.05, 0) is 43.1 Å². The summed E-state index contributed by atoms with van der Waals surface area (Å²) >= 11 is 3.24. The van der Waals surface area contributed by atoms with Crippen LogP contribution in [0.15, 0.2) is 21.8 Å². The smallest absolute Gasteiger partial charge is 0.410 e. The SMILES string of the molecule is CC(C)(C)OC(=O)N1CCC(O)(Cn2cc(Br)ncc2=O)C(C)(C)C1. The van der Waals surface area contributed by atoms with Crippen molar-refractivity contribution in [1.29, 1.82) is 0 Å². The summed E-state index contributed by atoms with van der Waals surface area (Å²) in [7, 11) is 0. The van der Waals surface area contributed by atoms with Crippen molar-refractivity contribution >= 4 is 22.0 Å². The molecule has 0 radical (unpaired) electrons. The highest BCUT2D eigenvalue weighted by Crippen LogP contribution is 2.40. The van der Waals surface area contributed by atoms with Gasteiger partial charge in [0, 0.05) is 24.7 Å². The topological polar surface area (TPSA) is 84.7 Å². The van der Waals surface area contributed by atoms with Crippen LogP contribution in [0.5, 0.6) is 0 Å². The van der Waals surface area contributed by atoms with Gasteiger partial charge in [-0.3, -0.25) is 4.79 Å². The lowest BCUT2D eigenvalue weighted by Gasteiger charge is -2.50. The van der Waals surface area contributed by atoms with Crippen molar-refractivity contribution in [1.82, 2.24) is 14.5 Å². The second-order valence-electron chi connectivity index (χ2n) is 8.24. The predicted octanol–water partition coefficient (Wildman–Crippen LogP) is 2.40. The van der Waals surface area contributed by atoms with E-state index in [0.29, 0.717) is 24.1 Å². The van der Waals surface area contributed by atoms with Gasteiger partial charge in [-0.25, -0.2) is 9.78 Å². The third-order valence-electron chi connectivity index (χ3n) is 4.57. The van der Waals surface area contributed by atoms with E-state index in [9.17, 15) is 14.7 Å². The number of likely N-dealkylation sites (tertiary alicyclic amines) is 1. The molecule has 0 aromatic carbocycles. The maximum absolute atomic E-state index is 12.3. The second kappa shape index (κ2) is 6.72. The fraction of sp³-hybridized carbons (Fsp3) is 0.706. The van der Waals surface area contributed by atoms with Gasteiger partial charge >= 0.3 is 6.09 Å². The lowest BCUT2D eigenvalue weighted by molar-refractivity contribution is -0.126. The molecule has 25 heavy (non-hydrogen) atoms. The summed E-state index contributed by atoms with van der Waals surface area (Å²) in [6.07, 6.45) is 2.75. The van der Waals surface area contributed by atoms with E-state index in [1.807, 2.05) is 34.6 Å². The molecule has 0 aliphatic carbocycles. The number of halogens is 1. The summed E-state index contributed by atoms with van der Waals surface area (Å²) in [5.41, 5.74) is -2.58. The van der Waals surface area contributed by atoms with Crippen molar-refractivity contribution in [2.24, 2.45) is 5.41 Å². The Labute approximate surface area is 156 Å². The summed E-state index contributed by atoms with van der Waals surface area (Å²) in [5, 5.41) is 11.2. The van der Waals surface area contributed by atoms with Gasteiger partial charge in [0.2, 0.25) is 0 Å². The minimum atomic E-state index is -1.13. The van der Waals surface area contributed by atoms with Crippen LogP contribution < -0.4 is 5.56 Å². The zero-order valence-corrected chi connectivity index (χ0v) is 17.0. The maximum atomic E-state index is 12.3. The first-order valence-electron chi connectivity index (χ1n) is 8.25. The summed E-state index contributed by atoms with van der Waals surface area (Å²) in [5.74, 6) is 0. The van der Waals surface area contributed by atoms with Crippen LogP contribution in [0.4, 0.5) is 4.79 Å². The number of carbonyl (C=O) groups is 1. The van der Waals surface area contributed by atoms with Gasteiger partial charge in [-0.1, -0.05) is 13.8 Å². The van der Waals surface area contributed by atoms with Crippen molar-refractivity contribution in [2.75, 3.05) is 13.1 Å². The molecule has 1 aliphatic rings. The number of rotatable bonds is 2. The normalized spacial score (nSPS) is 23.4. The van der Waals surface area contributed by atoms with Crippen LogP contribution in [0.1, 0.15) is 41.0 Å². The first-order valence-corrected chi connectivity index (χ1v) is 9.05. The number of nitrogens with zero attached hydrogens (tertiary/aromatic N) is 3. The van der Waals surface area contributed by atoms with Crippen molar-refractivity contribution < 1.29 is 14.6 Å². The Morgan fingerprint density at radius 3 is 2.64 bits per heavy atom. The standard InChI is InChI=1S/C17H26BrN3O4/c1-15(2,3)25-14(23)20-7-6-17(24,16(4,5)10-20)11-21-9-12(18)19-8-13(21)22/h8-9,24H,6-7,10-11H2,1-5H3. The summed E-state index contributed by atoms with van der Waals surface area (Å²) in [4.78, 5) is 29.8. The molecule has 1 saturated heterocycles. The van der Waals surface area contributed by atoms with Crippen molar-refractivity contribution in [2.45, 2.75) is 58.8 Å². The average Bonchev–Trinajstić information content (AvgIpc) is 2.44. The van der Waals surface area contributed by atoms with E-state index in [-0.39, 0.29) is 18.2 Å². The molecular weight excluding hydrogens is 390 g/mol. The highest BCUT2D eigenvalue weighted by Gasteiger charge is 2.49. The number of amides is 1. The van der Waals surface area contributed by atoms with Crippen LogP contribution in [-0.2, 0) is 11.3 Å². The zero-order chi connectivity index (χ0) is 19.0. The lowest BCUT2D eigenvalue weighted by Crippen LogP contribution is -2.61. The van der Waals surface area contributed by atoms with E-state index in [0.717, 1.165) is 0 Å². The molecule has 2 rings (SSSR count). The highest BCUT2D eigenvalue weighted by atomic mass is 79.9. The van der Waals surface area contributed by atoms with Crippen LogP contribution in [0.2, 0.25) is 0 Å². The van der Waals surface area contributed by atoms with Gasteiger partial charge in [-0.2, -0.15) is 0 Å². The predicted molar refractivity (Wildman–Crippen MR) is 97.4 cm³/mol. The van der Waals surface area contributed by atoms with Gasteiger partial charge in [0.05, 0.1) is 18.3 Å². The number of ether oxygens (including phenoxy) is 1. The molecule has 0 saturated carbocycles. The van der Waals surface area contributed by atoms with Gasteiger partial charge in [0.1, 0.15) is 10.2 Å². The Kier molecular flexibility index (Phi) is 5.35. The molecule has 1 fully saturated rings. The van der Waals surface area contributed by atoms with E-state index < -0.39 is 16.6 Å². The van der Waals surface area contributed by atoms with Crippen LogP contribution in [0.25, 0.3) is 0 Å². The lowest BCUT2D eigenvalue weighted by atomic mass is 9.70. The maximum Gasteiger partial charge on any atom is 0.410 e. The van der Waals surface area contributed by atoms with Crippen molar-refractivity contribution in [3.8, 4) is 0 Å². The minimum Gasteiger partial charge on any atom is -0.444 e. The Hall–Kier alpha value is -1.41. The summed E-state index contributed by atoms with van der Waals surface area (Å²) in [6.45, 7) is 10.1. The molecule has 1 aromatic heterocycles. The molecule has 1 atom stereocenters. The third-order valence-corrected chi connectivity index (χ3v) is 4.98. The Bertz CT molecular complexity index is 711. The molecule has 1 N–H and O–H groups in total. The van der Waals surface area contributed by atoms with Crippen molar-refractivity contribution in [3.63, 3.8) is 0 Å². The molecular formula is C17H26BrN3O4. The van der Waals surface area contributed by atoms with E-state index in [1.165, 1.54) is 10.8 Å². The molecule has 1 unspecified atom stereocenters. The minimum absolute atomic E-state index is 0.141. The molecule has 8 heteroatoms. The third kappa shape index (κ3) is 4.61. The molecule has 140 valence electrons. The van der Waals surface area contributed by atoms with Crippen LogP contribution >= 0.6 is 15.9 Å². The van der Waals surface area contributed by atoms with E-state index in [4.69, 9.17) is 4.74 Å². The Morgan fingerprint density at radius 1 is 1.44 bits per heavy atom. The van der Waals surface area contributed by atoms with Gasteiger partial charge in [0.15, 0.2) is 0 Å². The quantitative estimate of drug-likeness (QED) is 0.801. The number of aliphatic hydroxyl groups is 1. The summed E-state index contributed by atoms with van der Waals surface area (Å²) < 4.78 is 7.40. The molecule has 0 bridgehead atoms. The van der Waals surface area contributed by atoms with Crippen LogP contribution in [-0.4, -0.2) is 49.9 Å². The molecule has 2 heterocycles. The number of aromatic nitrogens is 2. The monoisotopic (exact) mass is 415 g/mol. The Balaban J connectivity index is 2.18. The largest absolute Gasteiger partial charge is 0.444 e. The Morgan fingerprint density at radius 2 is 2.08 bits per heavy atom. The molecule has 1 amide bonds. The molecule has 1 aromatic rings. The first-order chi connectivity index (χ1) is 11.3. The van der Waals surface area contributed by atoms with Gasteiger partial charge in [0.25, 0.3) is 5.56 Å². The summed E-state index contributed by atoms with van der Waals surface area (Å²) in [6, 6.07) is 0. The van der Waals surface area contributed by atoms with Crippen LogP contribution in [0.3, 0.4) is 0 Å². The zero-order valence-electron chi connectivity index (χ0n) is 15.4. The van der Waals surface area contributed by atoms with E-state index in [1.54, 1.807) is 11.1 Å². The van der Waals surface area contributed by atoms with Crippen molar-refractivity contribution in [3.05, 3.63) is 27.4 Å². The molecule has 0 spiro atoms.